The number of carbonyl (C=O) groups is 1. The molecule has 0 fully saturated rings. The van der Waals surface area contributed by atoms with Gasteiger partial charge >= 0.3 is 12.2 Å². The van der Waals surface area contributed by atoms with E-state index >= 15 is 0 Å². The van der Waals surface area contributed by atoms with Crippen molar-refractivity contribution in [3.05, 3.63) is 29.3 Å². The second-order valence-electron chi connectivity index (χ2n) is 3.66. The number of anilines is 1. The van der Waals surface area contributed by atoms with Gasteiger partial charge in [-0.1, -0.05) is 19.1 Å². The van der Waals surface area contributed by atoms with Crippen molar-refractivity contribution in [1.82, 2.24) is 0 Å². The number of aliphatic imine (C=N–C) groups is 1. The SMILES string of the molecule is CCc1cccc(C(F)(F)F)c1NC(=O)N=C(N)N. The van der Waals surface area contributed by atoms with E-state index in [4.69, 9.17) is 11.5 Å². The molecule has 5 nitrogen and oxygen atoms in total. The summed E-state index contributed by atoms with van der Waals surface area (Å²) in [6.45, 7) is 1.67. The summed E-state index contributed by atoms with van der Waals surface area (Å²) in [5, 5.41) is 2.06. The lowest BCUT2D eigenvalue weighted by atomic mass is 10.0. The molecule has 0 unspecified atom stereocenters. The van der Waals surface area contributed by atoms with Crippen LogP contribution in [-0.4, -0.2) is 12.0 Å². The van der Waals surface area contributed by atoms with E-state index in [1.54, 1.807) is 6.92 Å². The molecule has 8 heteroatoms. The van der Waals surface area contributed by atoms with Crippen molar-refractivity contribution < 1.29 is 18.0 Å². The number of alkyl halides is 3. The summed E-state index contributed by atoms with van der Waals surface area (Å²) in [5.74, 6) is -0.528. The van der Waals surface area contributed by atoms with Crippen LogP contribution in [-0.2, 0) is 12.6 Å². The molecule has 5 N–H and O–H groups in total. The number of urea groups is 1. The zero-order valence-electron chi connectivity index (χ0n) is 10.1. The van der Waals surface area contributed by atoms with Crippen LogP contribution in [0.5, 0.6) is 0 Å². The number of halogens is 3. The Morgan fingerprint density at radius 2 is 2.00 bits per heavy atom. The van der Waals surface area contributed by atoms with Gasteiger partial charge in [-0.25, -0.2) is 4.79 Å². The molecule has 104 valence electrons. The smallest absolute Gasteiger partial charge is 0.370 e. The van der Waals surface area contributed by atoms with Crippen molar-refractivity contribution >= 4 is 17.7 Å². The molecule has 0 heterocycles. The van der Waals surface area contributed by atoms with E-state index in [2.05, 4.69) is 10.3 Å². The van der Waals surface area contributed by atoms with E-state index in [0.29, 0.717) is 12.0 Å². The largest absolute Gasteiger partial charge is 0.418 e. The number of rotatable bonds is 2. The number of amides is 2. The van der Waals surface area contributed by atoms with Gasteiger partial charge in [0.25, 0.3) is 0 Å². The van der Waals surface area contributed by atoms with Gasteiger partial charge in [-0.05, 0) is 18.1 Å². The number of guanidine groups is 1. The minimum Gasteiger partial charge on any atom is -0.370 e. The Bertz CT molecular complexity index is 507. The van der Waals surface area contributed by atoms with Crippen molar-refractivity contribution in [2.75, 3.05) is 5.32 Å². The fraction of sp³-hybridized carbons (Fsp3) is 0.273. The van der Waals surface area contributed by atoms with Crippen molar-refractivity contribution in [1.29, 1.82) is 0 Å². The van der Waals surface area contributed by atoms with E-state index in [0.717, 1.165) is 6.07 Å². The number of carbonyl (C=O) groups excluding carboxylic acids is 1. The number of aryl methyl sites for hydroxylation is 1. The standard InChI is InChI=1S/C11H13F3N4O/c1-2-6-4-3-5-7(11(12,13)14)8(6)17-10(19)18-9(15)16/h3-5H,2H2,1H3,(H5,15,16,17,18,19). The Morgan fingerprint density at radius 1 is 1.37 bits per heavy atom. The van der Waals surface area contributed by atoms with Crippen molar-refractivity contribution in [3.8, 4) is 0 Å². The Labute approximate surface area is 107 Å². The van der Waals surface area contributed by atoms with Gasteiger partial charge in [0, 0.05) is 0 Å². The molecule has 0 atom stereocenters. The van der Waals surface area contributed by atoms with Crippen molar-refractivity contribution in [3.63, 3.8) is 0 Å². The van der Waals surface area contributed by atoms with Crippen LogP contribution < -0.4 is 16.8 Å². The first-order chi connectivity index (χ1) is 8.75. The quantitative estimate of drug-likeness (QED) is 0.569. The summed E-state index contributed by atoms with van der Waals surface area (Å²) >= 11 is 0. The van der Waals surface area contributed by atoms with Crippen LogP contribution in [0.25, 0.3) is 0 Å². The number of benzene rings is 1. The van der Waals surface area contributed by atoms with E-state index in [-0.39, 0.29) is 5.69 Å². The average Bonchev–Trinajstić information content (AvgIpc) is 2.26. The van der Waals surface area contributed by atoms with Gasteiger partial charge in [0.15, 0.2) is 5.96 Å². The van der Waals surface area contributed by atoms with Gasteiger partial charge < -0.3 is 16.8 Å². The third-order valence-electron chi connectivity index (χ3n) is 2.30. The molecule has 1 aromatic carbocycles. The highest BCUT2D eigenvalue weighted by atomic mass is 19.4. The molecule has 0 aliphatic heterocycles. The maximum Gasteiger partial charge on any atom is 0.418 e. The Hall–Kier alpha value is -2.25. The molecule has 0 spiro atoms. The fourth-order valence-corrected chi connectivity index (χ4v) is 1.53. The first-order valence-corrected chi connectivity index (χ1v) is 5.35. The number of nitrogens with one attached hydrogen (secondary N) is 1. The van der Waals surface area contributed by atoms with Crippen LogP contribution in [0.2, 0.25) is 0 Å². The number of hydrogen-bond donors (Lipinski definition) is 3. The van der Waals surface area contributed by atoms with Crippen LogP contribution in [0.1, 0.15) is 18.1 Å². The highest BCUT2D eigenvalue weighted by Gasteiger charge is 2.34. The monoisotopic (exact) mass is 274 g/mol. The lowest BCUT2D eigenvalue weighted by molar-refractivity contribution is -0.136. The van der Waals surface area contributed by atoms with Crippen LogP contribution in [0, 0.1) is 0 Å². The molecule has 0 saturated heterocycles. The minimum absolute atomic E-state index is 0.321. The van der Waals surface area contributed by atoms with Crippen molar-refractivity contribution in [2.45, 2.75) is 19.5 Å². The summed E-state index contributed by atoms with van der Waals surface area (Å²) in [7, 11) is 0. The van der Waals surface area contributed by atoms with Crippen LogP contribution >= 0.6 is 0 Å². The molecule has 0 radical (unpaired) electrons. The van der Waals surface area contributed by atoms with E-state index in [9.17, 15) is 18.0 Å². The predicted octanol–water partition coefficient (Wildman–Crippen LogP) is 2.07. The topological polar surface area (TPSA) is 93.5 Å². The molecule has 2 amide bonds. The molecule has 0 aliphatic carbocycles. The first-order valence-electron chi connectivity index (χ1n) is 5.35. The highest BCUT2D eigenvalue weighted by molar-refractivity contribution is 5.99. The number of nitrogens with zero attached hydrogens (tertiary/aromatic N) is 1. The second kappa shape index (κ2) is 5.59. The van der Waals surface area contributed by atoms with Crippen molar-refractivity contribution in [2.24, 2.45) is 16.5 Å². The summed E-state index contributed by atoms with van der Waals surface area (Å²) in [6.07, 6.45) is -4.26. The highest BCUT2D eigenvalue weighted by Crippen LogP contribution is 2.36. The molecule has 0 aromatic heterocycles. The molecule has 0 bridgehead atoms. The average molecular weight is 274 g/mol. The minimum atomic E-state index is -4.58. The van der Waals surface area contributed by atoms with Crippen LogP contribution in [0.4, 0.5) is 23.7 Å². The lowest BCUT2D eigenvalue weighted by Gasteiger charge is -2.16. The van der Waals surface area contributed by atoms with E-state index < -0.39 is 23.7 Å². The zero-order chi connectivity index (χ0) is 14.6. The molecular weight excluding hydrogens is 261 g/mol. The summed E-state index contributed by atoms with van der Waals surface area (Å²) < 4.78 is 38.5. The second-order valence-corrected chi connectivity index (χ2v) is 3.66. The van der Waals surface area contributed by atoms with E-state index in [1.807, 2.05) is 0 Å². The summed E-state index contributed by atoms with van der Waals surface area (Å²) in [6, 6.07) is 2.59. The van der Waals surface area contributed by atoms with Gasteiger partial charge in [-0.2, -0.15) is 18.2 Å². The maximum absolute atomic E-state index is 12.8. The van der Waals surface area contributed by atoms with Gasteiger partial charge in [0.2, 0.25) is 0 Å². The fourth-order valence-electron chi connectivity index (χ4n) is 1.53. The third-order valence-corrected chi connectivity index (χ3v) is 2.30. The first kappa shape index (κ1) is 14.8. The molecule has 1 aromatic rings. The van der Waals surface area contributed by atoms with Gasteiger partial charge in [-0.3, -0.25) is 0 Å². The van der Waals surface area contributed by atoms with Gasteiger partial charge in [0.1, 0.15) is 0 Å². The Morgan fingerprint density at radius 3 is 2.47 bits per heavy atom. The third kappa shape index (κ3) is 3.87. The maximum atomic E-state index is 12.8. The Kier molecular flexibility index (Phi) is 4.36. The lowest BCUT2D eigenvalue weighted by Crippen LogP contribution is -2.26. The molecule has 0 aliphatic rings. The molecule has 19 heavy (non-hydrogen) atoms. The van der Waals surface area contributed by atoms with Gasteiger partial charge in [0.05, 0.1) is 11.3 Å². The van der Waals surface area contributed by atoms with Crippen LogP contribution in [0.3, 0.4) is 0 Å². The van der Waals surface area contributed by atoms with Crippen LogP contribution in [0.15, 0.2) is 23.2 Å². The van der Waals surface area contributed by atoms with Gasteiger partial charge in [-0.15, -0.1) is 0 Å². The molecule has 0 saturated carbocycles. The number of nitrogens with two attached hydrogens (primary N) is 2. The predicted molar refractivity (Wildman–Crippen MR) is 65.7 cm³/mol. The Balaban J connectivity index is 3.23. The van der Waals surface area contributed by atoms with E-state index in [1.165, 1.54) is 12.1 Å². The molecule has 1 rings (SSSR count). The number of hydrogen-bond acceptors (Lipinski definition) is 1. The molecular formula is C11H13F3N4O. The normalized spacial score (nSPS) is 10.9. The number of para-hydroxylation sites is 1. The summed E-state index contributed by atoms with van der Waals surface area (Å²) in [4.78, 5) is 14.5. The zero-order valence-corrected chi connectivity index (χ0v) is 10.1. The summed E-state index contributed by atoms with van der Waals surface area (Å²) in [5.41, 5.74) is 9.05.